The van der Waals surface area contributed by atoms with Gasteiger partial charge in [0, 0.05) is 18.2 Å². The first-order chi connectivity index (χ1) is 9.06. The van der Waals surface area contributed by atoms with Crippen LogP contribution in [0.5, 0.6) is 0 Å². The summed E-state index contributed by atoms with van der Waals surface area (Å²) in [6, 6.07) is 4.05. The van der Waals surface area contributed by atoms with Gasteiger partial charge in [-0.3, -0.25) is 0 Å². The first kappa shape index (κ1) is 13.3. The number of nitrogens with one attached hydrogen (secondary N) is 2. The smallest absolute Gasteiger partial charge is 0.175 e. The molecule has 0 saturated heterocycles. The van der Waals surface area contributed by atoms with E-state index in [0.717, 1.165) is 18.0 Å². The van der Waals surface area contributed by atoms with Gasteiger partial charge in [0.15, 0.2) is 5.82 Å². The standard InChI is InChI=1S/C13H19N5O/c1-5-8(2)14-11-7-12(16-10(4)15-11)17-13-6-9(3)19-18-13/h6-8H,5H2,1-4H3,(H2,14,15,16,17,18). The molecule has 1 unspecified atom stereocenters. The molecule has 1 atom stereocenters. The normalized spacial score (nSPS) is 12.2. The zero-order valence-corrected chi connectivity index (χ0v) is 11.7. The van der Waals surface area contributed by atoms with E-state index in [9.17, 15) is 0 Å². The molecule has 0 bridgehead atoms. The van der Waals surface area contributed by atoms with Crippen molar-refractivity contribution in [2.75, 3.05) is 10.6 Å². The number of rotatable bonds is 5. The molecule has 2 heterocycles. The summed E-state index contributed by atoms with van der Waals surface area (Å²) in [5, 5.41) is 10.3. The highest BCUT2D eigenvalue weighted by Gasteiger charge is 2.06. The predicted octanol–water partition coefficient (Wildman–Crippen LogP) is 3.04. The molecule has 0 amide bonds. The molecule has 0 saturated carbocycles. The molecule has 0 fully saturated rings. The van der Waals surface area contributed by atoms with Crippen LogP contribution in [0.15, 0.2) is 16.7 Å². The number of hydrogen-bond acceptors (Lipinski definition) is 6. The minimum absolute atomic E-state index is 0.372. The Morgan fingerprint density at radius 2 is 1.89 bits per heavy atom. The zero-order chi connectivity index (χ0) is 13.8. The van der Waals surface area contributed by atoms with E-state index in [1.165, 1.54) is 0 Å². The molecule has 6 heteroatoms. The average Bonchev–Trinajstić information content (AvgIpc) is 2.73. The van der Waals surface area contributed by atoms with E-state index in [1.54, 1.807) is 0 Å². The van der Waals surface area contributed by atoms with E-state index in [-0.39, 0.29) is 0 Å². The molecule has 2 aromatic rings. The van der Waals surface area contributed by atoms with Gasteiger partial charge in [0.2, 0.25) is 0 Å². The number of aryl methyl sites for hydroxylation is 2. The van der Waals surface area contributed by atoms with Crippen molar-refractivity contribution in [2.45, 2.75) is 40.2 Å². The van der Waals surface area contributed by atoms with E-state index in [4.69, 9.17) is 4.52 Å². The first-order valence-corrected chi connectivity index (χ1v) is 6.39. The fourth-order valence-corrected chi connectivity index (χ4v) is 1.62. The second kappa shape index (κ2) is 5.69. The Labute approximate surface area is 112 Å². The number of anilines is 3. The second-order valence-electron chi connectivity index (χ2n) is 4.59. The monoisotopic (exact) mass is 261 g/mol. The highest BCUT2D eigenvalue weighted by molar-refractivity contribution is 5.56. The molecule has 2 aromatic heterocycles. The van der Waals surface area contributed by atoms with Crippen LogP contribution in [0, 0.1) is 13.8 Å². The van der Waals surface area contributed by atoms with Crippen LogP contribution in [0.1, 0.15) is 31.9 Å². The third-order valence-electron chi connectivity index (χ3n) is 2.73. The van der Waals surface area contributed by atoms with E-state index in [1.807, 2.05) is 26.0 Å². The fourth-order valence-electron chi connectivity index (χ4n) is 1.62. The average molecular weight is 261 g/mol. The van der Waals surface area contributed by atoms with Crippen molar-refractivity contribution in [1.29, 1.82) is 0 Å². The molecule has 6 nitrogen and oxygen atoms in total. The van der Waals surface area contributed by atoms with Gasteiger partial charge in [-0.15, -0.1) is 0 Å². The third kappa shape index (κ3) is 3.67. The second-order valence-corrected chi connectivity index (χ2v) is 4.59. The summed E-state index contributed by atoms with van der Waals surface area (Å²) in [7, 11) is 0. The lowest BCUT2D eigenvalue weighted by Crippen LogP contribution is -2.15. The maximum atomic E-state index is 5.01. The maximum Gasteiger partial charge on any atom is 0.175 e. The van der Waals surface area contributed by atoms with Crippen molar-refractivity contribution < 1.29 is 4.52 Å². The maximum absolute atomic E-state index is 5.01. The van der Waals surface area contributed by atoms with Gasteiger partial charge in [-0.1, -0.05) is 12.1 Å². The first-order valence-electron chi connectivity index (χ1n) is 6.39. The molecule has 0 radical (unpaired) electrons. The Morgan fingerprint density at radius 1 is 1.16 bits per heavy atom. The van der Waals surface area contributed by atoms with Gasteiger partial charge >= 0.3 is 0 Å². The van der Waals surface area contributed by atoms with Crippen LogP contribution < -0.4 is 10.6 Å². The van der Waals surface area contributed by atoms with Crippen molar-refractivity contribution in [3.63, 3.8) is 0 Å². The molecule has 2 N–H and O–H groups in total. The van der Waals surface area contributed by atoms with Gasteiger partial charge in [0.05, 0.1) is 0 Å². The largest absolute Gasteiger partial charge is 0.367 e. The Morgan fingerprint density at radius 3 is 2.53 bits per heavy atom. The lowest BCUT2D eigenvalue weighted by Gasteiger charge is -2.13. The minimum Gasteiger partial charge on any atom is -0.367 e. The van der Waals surface area contributed by atoms with Gasteiger partial charge in [-0.25, -0.2) is 9.97 Å². The van der Waals surface area contributed by atoms with Crippen molar-refractivity contribution in [1.82, 2.24) is 15.1 Å². The zero-order valence-electron chi connectivity index (χ0n) is 11.7. The van der Waals surface area contributed by atoms with Gasteiger partial charge < -0.3 is 15.2 Å². The SMILES string of the molecule is CCC(C)Nc1cc(Nc2cc(C)on2)nc(C)n1. The van der Waals surface area contributed by atoms with Crippen molar-refractivity contribution in [3.8, 4) is 0 Å². The van der Waals surface area contributed by atoms with Gasteiger partial charge in [0.25, 0.3) is 0 Å². The van der Waals surface area contributed by atoms with Gasteiger partial charge in [0.1, 0.15) is 23.2 Å². The summed E-state index contributed by atoms with van der Waals surface area (Å²) in [4.78, 5) is 8.69. The van der Waals surface area contributed by atoms with Crippen LogP contribution in [0.4, 0.5) is 17.5 Å². The lowest BCUT2D eigenvalue weighted by molar-refractivity contribution is 0.400. The Hall–Kier alpha value is -2.11. The molecular formula is C13H19N5O. The summed E-state index contributed by atoms with van der Waals surface area (Å²) in [6.45, 7) is 7.95. The molecule has 0 aromatic carbocycles. The lowest BCUT2D eigenvalue weighted by atomic mass is 10.2. The van der Waals surface area contributed by atoms with Crippen molar-refractivity contribution >= 4 is 17.5 Å². The van der Waals surface area contributed by atoms with E-state index in [2.05, 4.69) is 39.6 Å². The van der Waals surface area contributed by atoms with Crippen molar-refractivity contribution in [2.24, 2.45) is 0 Å². The summed E-state index contributed by atoms with van der Waals surface area (Å²) in [6.07, 6.45) is 1.04. The highest BCUT2D eigenvalue weighted by Crippen LogP contribution is 2.17. The van der Waals surface area contributed by atoms with E-state index in [0.29, 0.717) is 23.5 Å². The van der Waals surface area contributed by atoms with Crippen LogP contribution in [-0.2, 0) is 0 Å². The van der Waals surface area contributed by atoms with Crippen LogP contribution in [0.2, 0.25) is 0 Å². The molecule has 0 aliphatic carbocycles. The summed E-state index contributed by atoms with van der Waals surface area (Å²) < 4.78 is 5.01. The van der Waals surface area contributed by atoms with Crippen LogP contribution in [0.25, 0.3) is 0 Å². The van der Waals surface area contributed by atoms with E-state index >= 15 is 0 Å². The van der Waals surface area contributed by atoms with Crippen LogP contribution >= 0.6 is 0 Å². The number of hydrogen-bond donors (Lipinski definition) is 2. The molecule has 19 heavy (non-hydrogen) atoms. The Kier molecular flexibility index (Phi) is 3.99. The topological polar surface area (TPSA) is 75.9 Å². The van der Waals surface area contributed by atoms with Crippen LogP contribution in [0.3, 0.4) is 0 Å². The molecule has 0 spiro atoms. The molecule has 102 valence electrons. The van der Waals surface area contributed by atoms with Crippen LogP contribution in [-0.4, -0.2) is 21.2 Å². The van der Waals surface area contributed by atoms with E-state index < -0.39 is 0 Å². The number of aromatic nitrogens is 3. The molecule has 0 aliphatic rings. The molecular weight excluding hydrogens is 242 g/mol. The molecule has 0 aliphatic heterocycles. The third-order valence-corrected chi connectivity index (χ3v) is 2.73. The molecule has 2 rings (SSSR count). The summed E-state index contributed by atoms with van der Waals surface area (Å²) in [5.41, 5.74) is 0. The Balaban J connectivity index is 2.16. The summed E-state index contributed by atoms with van der Waals surface area (Å²) >= 11 is 0. The van der Waals surface area contributed by atoms with Gasteiger partial charge in [-0.05, 0) is 27.2 Å². The minimum atomic E-state index is 0.372. The fraction of sp³-hybridized carbons (Fsp3) is 0.462. The summed E-state index contributed by atoms with van der Waals surface area (Å²) in [5.74, 6) is 3.61. The predicted molar refractivity (Wildman–Crippen MR) is 74.7 cm³/mol. The van der Waals surface area contributed by atoms with Crippen molar-refractivity contribution in [3.05, 3.63) is 23.7 Å². The highest BCUT2D eigenvalue weighted by atomic mass is 16.5. The quantitative estimate of drug-likeness (QED) is 0.861. The Bertz CT molecular complexity index is 552. The number of nitrogens with zero attached hydrogens (tertiary/aromatic N) is 3. The van der Waals surface area contributed by atoms with Gasteiger partial charge in [-0.2, -0.15) is 0 Å².